The summed E-state index contributed by atoms with van der Waals surface area (Å²) in [4.78, 5) is 0. The van der Waals surface area contributed by atoms with Crippen LogP contribution in [0.3, 0.4) is 0 Å². The first-order valence-electron chi connectivity index (χ1n) is 6.34. The van der Waals surface area contributed by atoms with E-state index in [0.29, 0.717) is 19.3 Å². The average Bonchev–Trinajstić information content (AvgIpc) is 2.39. The monoisotopic (exact) mass is 249 g/mol. The third-order valence-corrected chi connectivity index (χ3v) is 2.48. The van der Waals surface area contributed by atoms with E-state index in [2.05, 4.69) is 30.4 Å². The molecule has 0 heterocycles. The van der Waals surface area contributed by atoms with E-state index in [1.807, 2.05) is 24.3 Å². The van der Waals surface area contributed by atoms with E-state index in [-0.39, 0.29) is 0 Å². The Kier molecular flexibility index (Phi) is 8.13. The number of methoxy groups -OCH3 is 1. The van der Waals surface area contributed by atoms with Crippen LogP contribution in [0.1, 0.15) is 12.5 Å². The van der Waals surface area contributed by atoms with Crippen LogP contribution >= 0.6 is 0 Å². The Labute approximate surface area is 110 Å². The molecular weight excluding hydrogens is 226 g/mol. The van der Waals surface area contributed by atoms with Crippen molar-refractivity contribution < 1.29 is 9.47 Å². The van der Waals surface area contributed by atoms with Gasteiger partial charge in [-0.3, -0.25) is 0 Å². The van der Waals surface area contributed by atoms with Crippen molar-refractivity contribution in [2.75, 3.05) is 33.5 Å². The van der Waals surface area contributed by atoms with E-state index in [0.717, 1.165) is 13.2 Å². The summed E-state index contributed by atoms with van der Waals surface area (Å²) in [7, 11) is 1.71. The van der Waals surface area contributed by atoms with Gasteiger partial charge in [0.05, 0.1) is 19.8 Å². The zero-order chi connectivity index (χ0) is 13.1. The zero-order valence-electron chi connectivity index (χ0n) is 11.3. The number of benzene rings is 1. The van der Waals surface area contributed by atoms with E-state index >= 15 is 0 Å². The van der Waals surface area contributed by atoms with Gasteiger partial charge in [0, 0.05) is 19.7 Å². The number of hydrogen-bond acceptors (Lipinski definition) is 3. The second-order valence-corrected chi connectivity index (χ2v) is 4.20. The SMILES string of the molecule is COCC(C)NCCOCC=Cc1ccccc1. The van der Waals surface area contributed by atoms with Crippen LogP contribution in [0.4, 0.5) is 0 Å². The van der Waals surface area contributed by atoms with Crippen molar-refractivity contribution in [3.05, 3.63) is 42.0 Å². The van der Waals surface area contributed by atoms with Crippen molar-refractivity contribution in [3.63, 3.8) is 0 Å². The van der Waals surface area contributed by atoms with Crippen LogP contribution in [0.25, 0.3) is 6.08 Å². The van der Waals surface area contributed by atoms with Crippen LogP contribution < -0.4 is 5.32 Å². The molecular formula is C15H23NO2. The van der Waals surface area contributed by atoms with Gasteiger partial charge in [-0.1, -0.05) is 42.5 Å². The van der Waals surface area contributed by atoms with Crippen LogP contribution in [0.5, 0.6) is 0 Å². The van der Waals surface area contributed by atoms with Gasteiger partial charge < -0.3 is 14.8 Å². The van der Waals surface area contributed by atoms with Gasteiger partial charge >= 0.3 is 0 Å². The molecule has 0 aliphatic heterocycles. The predicted octanol–water partition coefficient (Wildman–Crippen LogP) is 2.34. The fourth-order valence-corrected chi connectivity index (χ4v) is 1.59. The molecule has 0 bridgehead atoms. The summed E-state index contributed by atoms with van der Waals surface area (Å²) < 4.78 is 10.5. The highest BCUT2D eigenvalue weighted by molar-refractivity contribution is 5.48. The van der Waals surface area contributed by atoms with Gasteiger partial charge in [0.2, 0.25) is 0 Å². The van der Waals surface area contributed by atoms with Crippen LogP contribution in [0, 0.1) is 0 Å². The summed E-state index contributed by atoms with van der Waals surface area (Å²) >= 11 is 0. The predicted molar refractivity (Wildman–Crippen MR) is 75.6 cm³/mol. The molecule has 0 radical (unpaired) electrons. The van der Waals surface area contributed by atoms with Gasteiger partial charge in [-0.05, 0) is 12.5 Å². The molecule has 0 saturated carbocycles. The van der Waals surface area contributed by atoms with E-state index in [1.165, 1.54) is 5.56 Å². The maximum atomic E-state index is 5.49. The molecule has 1 unspecified atom stereocenters. The molecule has 3 heteroatoms. The smallest absolute Gasteiger partial charge is 0.0651 e. The van der Waals surface area contributed by atoms with Crippen molar-refractivity contribution in [2.24, 2.45) is 0 Å². The third kappa shape index (κ3) is 7.22. The molecule has 1 aromatic rings. The molecule has 1 rings (SSSR count). The highest BCUT2D eigenvalue weighted by Gasteiger charge is 1.97. The van der Waals surface area contributed by atoms with Crippen molar-refractivity contribution in [1.82, 2.24) is 5.32 Å². The van der Waals surface area contributed by atoms with Gasteiger partial charge in [0.1, 0.15) is 0 Å². The zero-order valence-corrected chi connectivity index (χ0v) is 11.3. The number of nitrogens with one attached hydrogen (secondary N) is 1. The topological polar surface area (TPSA) is 30.5 Å². The Morgan fingerprint density at radius 3 is 2.78 bits per heavy atom. The molecule has 0 spiro atoms. The Bertz CT molecular complexity index is 325. The lowest BCUT2D eigenvalue weighted by Gasteiger charge is -2.11. The summed E-state index contributed by atoms with van der Waals surface area (Å²) in [5, 5.41) is 3.32. The Hall–Kier alpha value is -1.16. The molecule has 0 aliphatic carbocycles. The van der Waals surface area contributed by atoms with Crippen LogP contribution in [-0.4, -0.2) is 39.5 Å². The molecule has 0 fully saturated rings. The normalized spacial score (nSPS) is 13.0. The maximum Gasteiger partial charge on any atom is 0.0651 e. The molecule has 100 valence electrons. The van der Waals surface area contributed by atoms with Crippen LogP contribution in [0.15, 0.2) is 36.4 Å². The first-order valence-corrected chi connectivity index (χ1v) is 6.34. The molecule has 3 nitrogen and oxygen atoms in total. The van der Waals surface area contributed by atoms with E-state index in [1.54, 1.807) is 7.11 Å². The van der Waals surface area contributed by atoms with Gasteiger partial charge in [0.15, 0.2) is 0 Å². The summed E-state index contributed by atoms with van der Waals surface area (Å²) in [6.07, 6.45) is 4.11. The minimum atomic E-state index is 0.374. The lowest BCUT2D eigenvalue weighted by Crippen LogP contribution is -2.32. The highest BCUT2D eigenvalue weighted by Crippen LogP contribution is 2.00. The first kappa shape index (κ1) is 14.9. The van der Waals surface area contributed by atoms with Crippen molar-refractivity contribution in [2.45, 2.75) is 13.0 Å². The second-order valence-electron chi connectivity index (χ2n) is 4.20. The van der Waals surface area contributed by atoms with Gasteiger partial charge in [-0.25, -0.2) is 0 Å². The largest absolute Gasteiger partial charge is 0.383 e. The molecule has 0 saturated heterocycles. The Morgan fingerprint density at radius 1 is 1.28 bits per heavy atom. The summed E-state index contributed by atoms with van der Waals surface area (Å²) in [6, 6.07) is 10.6. The fourth-order valence-electron chi connectivity index (χ4n) is 1.59. The molecule has 1 aromatic carbocycles. The first-order chi connectivity index (χ1) is 8.83. The minimum absolute atomic E-state index is 0.374. The maximum absolute atomic E-state index is 5.49. The number of hydrogen-bond donors (Lipinski definition) is 1. The van der Waals surface area contributed by atoms with E-state index < -0.39 is 0 Å². The molecule has 1 N–H and O–H groups in total. The lowest BCUT2D eigenvalue weighted by molar-refractivity contribution is 0.144. The van der Waals surface area contributed by atoms with Gasteiger partial charge in [-0.2, -0.15) is 0 Å². The Balaban J connectivity index is 2.00. The summed E-state index contributed by atoms with van der Waals surface area (Å²) in [6.45, 7) is 5.04. The van der Waals surface area contributed by atoms with Crippen molar-refractivity contribution >= 4 is 6.08 Å². The number of rotatable bonds is 9. The Morgan fingerprint density at radius 2 is 2.06 bits per heavy atom. The quantitative estimate of drug-likeness (QED) is 0.681. The molecule has 0 amide bonds. The third-order valence-electron chi connectivity index (χ3n) is 2.48. The highest BCUT2D eigenvalue weighted by atomic mass is 16.5. The number of ether oxygens (including phenoxy) is 2. The minimum Gasteiger partial charge on any atom is -0.383 e. The summed E-state index contributed by atoms with van der Waals surface area (Å²) in [5.74, 6) is 0. The van der Waals surface area contributed by atoms with Crippen molar-refractivity contribution in [3.8, 4) is 0 Å². The average molecular weight is 249 g/mol. The van der Waals surface area contributed by atoms with Crippen LogP contribution in [0.2, 0.25) is 0 Å². The van der Waals surface area contributed by atoms with Gasteiger partial charge in [-0.15, -0.1) is 0 Å². The molecule has 0 aliphatic rings. The second kappa shape index (κ2) is 9.83. The standard InChI is InChI=1S/C15H23NO2/c1-14(13-17-2)16-10-12-18-11-6-9-15-7-4-3-5-8-15/h3-9,14,16H,10-13H2,1-2H3. The van der Waals surface area contributed by atoms with E-state index in [4.69, 9.17) is 9.47 Å². The summed E-state index contributed by atoms with van der Waals surface area (Å²) in [5.41, 5.74) is 1.20. The molecule has 0 aromatic heterocycles. The lowest BCUT2D eigenvalue weighted by atomic mass is 10.2. The van der Waals surface area contributed by atoms with Gasteiger partial charge in [0.25, 0.3) is 0 Å². The van der Waals surface area contributed by atoms with E-state index in [9.17, 15) is 0 Å². The van der Waals surface area contributed by atoms with Crippen molar-refractivity contribution in [1.29, 1.82) is 0 Å². The fraction of sp³-hybridized carbons (Fsp3) is 0.467. The molecule has 18 heavy (non-hydrogen) atoms. The molecule has 1 atom stereocenters. The van der Waals surface area contributed by atoms with Crippen LogP contribution in [-0.2, 0) is 9.47 Å².